The summed E-state index contributed by atoms with van der Waals surface area (Å²) in [5.41, 5.74) is 4.01. The molecule has 0 aliphatic carbocycles. The molecular formula is C24H13ClN4O. The molecule has 0 aliphatic heterocycles. The van der Waals surface area contributed by atoms with Crippen LogP contribution in [-0.2, 0) is 0 Å². The summed E-state index contributed by atoms with van der Waals surface area (Å²) in [7, 11) is 0. The largest absolute Gasteiger partial charge is 0.345 e. The molecule has 0 saturated carbocycles. The molecule has 0 aliphatic rings. The van der Waals surface area contributed by atoms with Gasteiger partial charge in [-0.3, -0.25) is 9.78 Å². The van der Waals surface area contributed by atoms with Gasteiger partial charge in [-0.2, -0.15) is 5.26 Å². The Morgan fingerprint density at radius 2 is 1.83 bits per heavy atom. The molecule has 2 aromatic carbocycles. The molecule has 3 heterocycles. The first-order valence-electron chi connectivity index (χ1n) is 9.22. The fraction of sp³-hybridized carbons (Fsp3) is 0. The van der Waals surface area contributed by atoms with Gasteiger partial charge in [0.25, 0.3) is 0 Å². The molecule has 0 fully saturated rings. The standard InChI is InChI=1S/C24H13ClN4O/c25-20-10-16(9-15-7-4-8-27-22(15)20)18-11-19-23(30)17(12-26)13-28-24(19)29-21(18)14-5-2-1-3-6-14/h1-11,13H,(H,28,29,30). The molecule has 5 rings (SSSR count). The lowest BCUT2D eigenvalue weighted by Crippen LogP contribution is -2.09. The lowest BCUT2D eigenvalue weighted by Gasteiger charge is -2.13. The van der Waals surface area contributed by atoms with Crippen LogP contribution in [0, 0.1) is 11.3 Å². The molecule has 0 unspecified atom stereocenters. The number of halogens is 1. The van der Waals surface area contributed by atoms with Crippen molar-refractivity contribution in [2.24, 2.45) is 0 Å². The Kier molecular flexibility index (Phi) is 4.27. The maximum Gasteiger partial charge on any atom is 0.208 e. The second kappa shape index (κ2) is 7.11. The van der Waals surface area contributed by atoms with E-state index in [1.54, 1.807) is 12.3 Å². The number of pyridine rings is 3. The van der Waals surface area contributed by atoms with E-state index in [9.17, 15) is 10.1 Å². The number of hydrogen-bond donors (Lipinski definition) is 1. The van der Waals surface area contributed by atoms with Gasteiger partial charge in [0.15, 0.2) is 0 Å². The molecule has 0 spiro atoms. The van der Waals surface area contributed by atoms with E-state index in [0.29, 0.717) is 27.3 Å². The SMILES string of the molecule is N#Cc1c[nH]c2nc(-c3ccccc3)c(-c3cc(Cl)c4ncccc4c3)cc2c1=O. The van der Waals surface area contributed by atoms with Gasteiger partial charge in [0.1, 0.15) is 17.3 Å². The number of nitrogens with one attached hydrogen (secondary N) is 1. The van der Waals surface area contributed by atoms with Crippen LogP contribution in [0.1, 0.15) is 5.56 Å². The molecule has 0 radical (unpaired) electrons. The van der Waals surface area contributed by atoms with E-state index in [1.165, 1.54) is 6.20 Å². The van der Waals surface area contributed by atoms with Gasteiger partial charge in [-0.15, -0.1) is 0 Å². The minimum Gasteiger partial charge on any atom is -0.345 e. The predicted molar refractivity (Wildman–Crippen MR) is 118 cm³/mol. The van der Waals surface area contributed by atoms with Gasteiger partial charge in [-0.1, -0.05) is 48.0 Å². The summed E-state index contributed by atoms with van der Waals surface area (Å²) < 4.78 is 0. The number of nitriles is 1. The van der Waals surface area contributed by atoms with Crippen molar-refractivity contribution in [1.29, 1.82) is 5.26 Å². The number of benzene rings is 2. The van der Waals surface area contributed by atoms with E-state index in [2.05, 4.69) is 9.97 Å². The Labute approximate surface area is 176 Å². The Morgan fingerprint density at radius 3 is 2.63 bits per heavy atom. The zero-order chi connectivity index (χ0) is 20.7. The van der Waals surface area contributed by atoms with Gasteiger partial charge in [0.2, 0.25) is 5.43 Å². The Bertz CT molecular complexity index is 1540. The van der Waals surface area contributed by atoms with Crippen LogP contribution in [0.5, 0.6) is 0 Å². The third-order valence-corrected chi connectivity index (χ3v) is 5.29. The van der Waals surface area contributed by atoms with Gasteiger partial charge in [-0.05, 0) is 29.8 Å². The lowest BCUT2D eigenvalue weighted by molar-refractivity contribution is 1.26. The molecule has 30 heavy (non-hydrogen) atoms. The quantitative estimate of drug-likeness (QED) is 0.428. The summed E-state index contributed by atoms with van der Waals surface area (Å²) in [6, 6.07) is 21.0. The van der Waals surface area contributed by atoms with Gasteiger partial charge in [0.05, 0.1) is 21.6 Å². The highest BCUT2D eigenvalue weighted by Crippen LogP contribution is 2.36. The molecular weight excluding hydrogens is 396 g/mol. The minimum atomic E-state index is -0.354. The van der Waals surface area contributed by atoms with Gasteiger partial charge in [0, 0.05) is 28.9 Å². The van der Waals surface area contributed by atoms with Crippen molar-refractivity contribution in [3.8, 4) is 28.5 Å². The second-order valence-corrected chi connectivity index (χ2v) is 7.23. The van der Waals surface area contributed by atoms with Crippen molar-refractivity contribution in [3.05, 3.63) is 93.9 Å². The number of H-pyrrole nitrogens is 1. The maximum atomic E-state index is 12.8. The number of nitrogens with zero attached hydrogens (tertiary/aromatic N) is 3. The van der Waals surface area contributed by atoms with E-state index >= 15 is 0 Å². The van der Waals surface area contributed by atoms with Crippen molar-refractivity contribution in [1.82, 2.24) is 15.0 Å². The normalized spacial score (nSPS) is 10.9. The molecule has 1 N–H and O–H groups in total. The predicted octanol–water partition coefficient (Wildman–Crippen LogP) is 5.33. The highest BCUT2D eigenvalue weighted by atomic mass is 35.5. The number of hydrogen-bond acceptors (Lipinski definition) is 4. The van der Waals surface area contributed by atoms with Crippen molar-refractivity contribution < 1.29 is 0 Å². The third-order valence-electron chi connectivity index (χ3n) is 5.00. The number of rotatable bonds is 2. The van der Waals surface area contributed by atoms with Crippen molar-refractivity contribution in [3.63, 3.8) is 0 Å². The smallest absolute Gasteiger partial charge is 0.208 e. The lowest BCUT2D eigenvalue weighted by atomic mass is 9.96. The van der Waals surface area contributed by atoms with Crippen LogP contribution >= 0.6 is 11.6 Å². The summed E-state index contributed by atoms with van der Waals surface area (Å²) in [5.74, 6) is 0. The summed E-state index contributed by atoms with van der Waals surface area (Å²) in [6.07, 6.45) is 3.09. The third kappa shape index (κ3) is 2.91. The van der Waals surface area contributed by atoms with Crippen LogP contribution in [0.2, 0.25) is 5.02 Å². The highest BCUT2D eigenvalue weighted by molar-refractivity contribution is 6.35. The molecule has 0 amide bonds. The first kappa shape index (κ1) is 18.0. The van der Waals surface area contributed by atoms with Crippen LogP contribution in [-0.4, -0.2) is 15.0 Å². The zero-order valence-corrected chi connectivity index (χ0v) is 16.3. The van der Waals surface area contributed by atoms with Crippen molar-refractivity contribution in [2.45, 2.75) is 0 Å². The fourth-order valence-electron chi connectivity index (χ4n) is 3.57. The molecule has 0 bridgehead atoms. The van der Waals surface area contributed by atoms with E-state index in [-0.39, 0.29) is 11.0 Å². The van der Waals surface area contributed by atoms with Crippen LogP contribution < -0.4 is 5.43 Å². The van der Waals surface area contributed by atoms with Crippen LogP contribution in [0.15, 0.2) is 77.9 Å². The zero-order valence-electron chi connectivity index (χ0n) is 15.6. The van der Waals surface area contributed by atoms with Crippen molar-refractivity contribution in [2.75, 3.05) is 0 Å². The van der Waals surface area contributed by atoms with E-state index in [0.717, 1.165) is 22.1 Å². The van der Waals surface area contributed by atoms with Crippen LogP contribution in [0.3, 0.4) is 0 Å². The highest BCUT2D eigenvalue weighted by Gasteiger charge is 2.16. The molecule has 0 atom stereocenters. The van der Waals surface area contributed by atoms with E-state index in [4.69, 9.17) is 16.6 Å². The molecule has 5 aromatic rings. The van der Waals surface area contributed by atoms with Crippen LogP contribution in [0.25, 0.3) is 44.3 Å². The first-order chi connectivity index (χ1) is 14.7. The minimum absolute atomic E-state index is 0.0449. The summed E-state index contributed by atoms with van der Waals surface area (Å²) >= 11 is 6.51. The van der Waals surface area contributed by atoms with E-state index in [1.807, 2.05) is 60.7 Å². The fourth-order valence-corrected chi connectivity index (χ4v) is 3.85. The first-order valence-corrected chi connectivity index (χ1v) is 9.60. The molecule has 5 nitrogen and oxygen atoms in total. The molecule has 6 heteroatoms. The summed E-state index contributed by atoms with van der Waals surface area (Å²) in [4.78, 5) is 24.8. The average molecular weight is 409 g/mol. The Balaban J connectivity index is 1.89. The molecule has 0 saturated heterocycles. The van der Waals surface area contributed by atoms with Crippen LogP contribution in [0.4, 0.5) is 0 Å². The van der Waals surface area contributed by atoms with Crippen molar-refractivity contribution >= 4 is 33.5 Å². The van der Waals surface area contributed by atoms with E-state index < -0.39 is 0 Å². The monoisotopic (exact) mass is 408 g/mol. The summed E-state index contributed by atoms with van der Waals surface area (Å²) in [6.45, 7) is 0. The van der Waals surface area contributed by atoms with Gasteiger partial charge >= 0.3 is 0 Å². The second-order valence-electron chi connectivity index (χ2n) is 6.82. The molecule has 3 aromatic heterocycles. The maximum absolute atomic E-state index is 12.8. The number of aromatic amines is 1. The average Bonchev–Trinajstić information content (AvgIpc) is 2.79. The Hall–Kier alpha value is -4.01. The molecule has 142 valence electrons. The van der Waals surface area contributed by atoms with Gasteiger partial charge < -0.3 is 4.98 Å². The number of aromatic nitrogens is 3. The Morgan fingerprint density at radius 1 is 1.00 bits per heavy atom. The summed E-state index contributed by atoms with van der Waals surface area (Å²) in [5, 5.41) is 11.0. The topological polar surface area (TPSA) is 82.4 Å². The number of fused-ring (bicyclic) bond motifs is 2. The van der Waals surface area contributed by atoms with Gasteiger partial charge in [-0.25, -0.2) is 4.98 Å².